The summed E-state index contributed by atoms with van der Waals surface area (Å²) in [5.74, 6) is 1.44. The summed E-state index contributed by atoms with van der Waals surface area (Å²) in [6.07, 6.45) is 5.09. The van der Waals surface area contributed by atoms with Crippen molar-refractivity contribution < 1.29 is 0 Å². The molecular formula is C19H16N6. The molecule has 6 nitrogen and oxygen atoms in total. The van der Waals surface area contributed by atoms with Crippen molar-refractivity contribution in [3.63, 3.8) is 0 Å². The molecule has 0 atom stereocenters. The molecule has 3 heterocycles. The summed E-state index contributed by atoms with van der Waals surface area (Å²) >= 11 is 0. The number of para-hydroxylation sites is 1. The van der Waals surface area contributed by atoms with Gasteiger partial charge in [-0.25, -0.2) is 9.97 Å². The van der Waals surface area contributed by atoms with Crippen molar-refractivity contribution in [1.82, 2.24) is 19.9 Å². The summed E-state index contributed by atoms with van der Waals surface area (Å²) in [6, 6.07) is 17.7. The van der Waals surface area contributed by atoms with E-state index in [2.05, 4.69) is 30.6 Å². The lowest BCUT2D eigenvalue weighted by atomic mass is 10.2. The van der Waals surface area contributed by atoms with Crippen LogP contribution in [-0.2, 0) is 6.54 Å². The van der Waals surface area contributed by atoms with Gasteiger partial charge in [0.15, 0.2) is 0 Å². The predicted molar refractivity (Wildman–Crippen MR) is 98.6 cm³/mol. The quantitative estimate of drug-likeness (QED) is 0.581. The molecule has 0 spiro atoms. The van der Waals surface area contributed by atoms with E-state index in [4.69, 9.17) is 0 Å². The van der Waals surface area contributed by atoms with Crippen LogP contribution in [0.4, 0.5) is 17.3 Å². The summed E-state index contributed by atoms with van der Waals surface area (Å²) in [5.41, 5.74) is 2.77. The molecular weight excluding hydrogens is 312 g/mol. The maximum atomic E-state index is 4.45. The van der Waals surface area contributed by atoms with E-state index in [9.17, 15) is 0 Å². The fourth-order valence-electron chi connectivity index (χ4n) is 2.55. The van der Waals surface area contributed by atoms with Crippen LogP contribution in [0, 0.1) is 0 Å². The zero-order valence-electron chi connectivity index (χ0n) is 13.4. The van der Waals surface area contributed by atoms with Gasteiger partial charge in [0, 0.05) is 23.8 Å². The molecule has 4 rings (SSSR count). The van der Waals surface area contributed by atoms with Gasteiger partial charge in [-0.2, -0.15) is 0 Å². The summed E-state index contributed by atoms with van der Waals surface area (Å²) in [5, 5.41) is 7.65. The highest BCUT2D eigenvalue weighted by Gasteiger charge is 2.04. The number of aromatic nitrogens is 4. The highest BCUT2D eigenvalue weighted by molar-refractivity contribution is 5.91. The predicted octanol–water partition coefficient (Wildman–Crippen LogP) is 3.78. The molecule has 25 heavy (non-hydrogen) atoms. The fraction of sp³-hybridized carbons (Fsp3) is 0.0526. The number of nitrogens with one attached hydrogen (secondary N) is 2. The topological polar surface area (TPSA) is 75.6 Å². The molecule has 4 aromatic rings. The van der Waals surface area contributed by atoms with Gasteiger partial charge in [-0.1, -0.05) is 24.3 Å². The minimum absolute atomic E-state index is 0.604. The van der Waals surface area contributed by atoms with Crippen molar-refractivity contribution in [3.8, 4) is 0 Å². The van der Waals surface area contributed by atoms with Crippen molar-refractivity contribution in [2.75, 3.05) is 10.6 Å². The molecule has 1 aromatic carbocycles. The molecule has 6 heteroatoms. The third-order valence-corrected chi connectivity index (χ3v) is 3.74. The summed E-state index contributed by atoms with van der Waals surface area (Å²) in [7, 11) is 0. The van der Waals surface area contributed by atoms with Gasteiger partial charge in [-0.05, 0) is 24.3 Å². The first-order valence-corrected chi connectivity index (χ1v) is 7.95. The normalized spacial score (nSPS) is 10.6. The fourth-order valence-corrected chi connectivity index (χ4v) is 2.55. The van der Waals surface area contributed by atoms with Crippen LogP contribution in [0.2, 0.25) is 0 Å². The minimum Gasteiger partial charge on any atom is -0.364 e. The van der Waals surface area contributed by atoms with Gasteiger partial charge in [0.1, 0.15) is 18.0 Å². The van der Waals surface area contributed by atoms with E-state index in [1.165, 1.54) is 6.33 Å². The summed E-state index contributed by atoms with van der Waals surface area (Å²) in [6.45, 7) is 0.604. The largest absolute Gasteiger partial charge is 0.364 e. The van der Waals surface area contributed by atoms with Gasteiger partial charge >= 0.3 is 0 Å². The lowest BCUT2D eigenvalue weighted by Gasteiger charge is -2.10. The van der Waals surface area contributed by atoms with Crippen molar-refractivity contribution in [1.29, 1.82) is 0 Å². The highest BCUT2D eigenvalue weighted by atomic mass is 15.1. The molecule has 0 saturated heterocycles. The van der Waals surface area contributed by atoms with E-state index in [-0.39, 0.29) is 0 Å². The number of fused-ring (bicyclic) bond motifs is 1. The Morgan fingerprint density at radius 2 is 1.64 bits per heavy atom. The van der Waals surface area contributed by atoms with Crippen LogP contribution in [0.1, 0.15) is 5.69 Å². The Balaban J connectivity index is 1.53. The second-order valence-corrected chi connectivity index (χ2v) is 5.47. The number of rotatable bonds is 5. The number of pyridine rings is 2. The van der Waals surface area contributed by atoms with Crippen LogP contribution < -0.4 is 10.6 Å². The molecule has 0 aliphatic heterocycles. The first kappa shape index (κ1) is 15.0. The van der Waals surface area contributed by atoms with Gasteiger partial charge in [-0.3, -0.25) is 9.97 Å². The van der Waals surface area contributed by atoms with E-state index in [1.807, 2.05) is 54.6 Å². The third-order valence-electron chi connectivity index (χ3n) is 3.74. The number of hydrogen-bond donors (Lipinski definition) is 2. The van der Waals surface area contributed by atoms with Gasteiger partial charge in [-0.15, -0.1) is 0 Å². The van der Waals surface area contributed by atoms with Gasteiger partial charge in [0.25, 0.3) is 0 Å². The Morgan fingerprint density at radius 1 is 0.760 bits per heavy atom. The van der Waals surface area contributed by atoms with Gasteiger partial charge in [0.2, 0.25) is 0 Å². The van der Waals surface area contributed by atoms with Crippen LogP contribution in [0.25, 0.3) is 10.9 Å². The van der Waals surface area contributed by atoms with Crippen LogP contribution >= 0.6 is 0 Å². The molecule has 0 unspecified atom stereocenters. The van der Waals surface area contributed by atoms with E-state index in [1.54, 1.807) is 12.4 Å². The maximum absolute atomic E-state index is 4.45. The minimum atomic E-state index is 0.604. The molecule has 0 aliphatic carbocycles. The van der Waals surface area contributed by atoms with Crippen molar-refractivity contribution in [3.05, 3.63) is 79.0 Å². The van der Waals surface area contributed by atoms with E-state index < -0.39 is 0 Å². The lowest BCUT2D eigenvalue weighted by molar-refractivity contribution is 1.02. The number of benzene rings is 1. The molecule has 122 valence electrons. The Hall–Kier alpha value is -3.54. The van der Waals surface area contributed by atoms with Crippen molar-refractivity contribution in [2.45, 2.75) is 6.54 Å². The molecule has 0 bridgehead atoms. The molecule has 0 radical (unpaired) electrons. The number of nitrogens with zero attached hydrogens (tertiary/aromatic N) is 4. The molecule has 0 aliphatic rings. The average Bonchev–Trinajstić information content (AvgIpc) is 2.68. The maximum Gasteiger partial charge on any atom is 0.135 e. The first-order chi connectivity index (χ1) is 12.4. The molecule has 0 fully saturated rings. The van der Waals surface area contributed by atoms with E-state index >= 15 is 0 Å². The van der Waals surface area contributed by atoms with E-state index in [0.717, 1.165) is 28.1 Å². The van der Waals surface area contributed by atoms with Crippen LogP contribution in [-0.4, -0.2) is 19.9 Å². The second-order valence-electron chi connectivity index (χ2n) is 5.47. The molecule has 2 N–H and O–H groups in total. The number of anilines is 3. The second kappa shape index (κ2) is 6.92. The molecule has 0 saturated carbocycles. The number of hydrogen-bond acceptors (Lipinski definition) is 6. The average molecular weight is 328 g/mol. The van der Waals surface area contributed by atoms with Crippen LogP contribution in [0.15, 0.2) is 73.3 Å². The monoisotopic (exact) mass is 328 g/mol. The zero-order chi connectivity index (χ0) is 16.9. The van der Waals surface area contributed by atoms with Crippen molar-refractivity contribution >= 4 is 28.2 Å². The van der Waals surface area contributed by atoms with Crippen molar-refractivity contribution in [2.24, 2.45) is 0 Å². The summed E-state index contributed by atoms with van der Waals surface area (Å²) in [4.78, 5) is 17.3. The Bertz CT molecular complexity index is 982. The smallest absolute Gasteiger partial charge is 0.135 e. The van der Waals surface area contributed by atoms with Crippen LogP contribution in [0.3, 0.4) is 0 Å². The Kier molecular flexibility index (Phi) is 4.16. The Morgan fingerprint density at radius 3 is 2.56 bits per heavy atom. The standard InChI is InChI=1S/C19H16N6/c1-2-9-20-15(7-1)12-22-17-11-18(24-13-23-17)25-16-8-3-5-14-6-4-10-21-19(14)16/h1-11,13H,12H2,(H2,22,23,24,25). The highest BCUT2D eigenvalue weighted by Crippen LogP contribution is 2.24. The third kappa shape index (κ3) is 3.53. The van der Waals surface area contributed by atoms with Gasteiger partial charge in [0.05, 0.1) is 23.4 Å². The van der Waals surface area contributed by atoms with Crippen LogP contribution in [0.5, 0.6) is 0 Å². The first-order valence-electron chi connectivity index (χ1n) is 7.95. The summed E-state index contributed by atoms with van der Waals surface area (Å²) < 4.78 is 0. The zero-order valence-corrected chi connectivity index (χ0v) is 13.4. The Labute approximate surface area is 145 Å². The molecule has 3 aromatic heterocycles. The SMILES string of the molecule is c1ccc(CNc2cc(Nc3cccc4cccnc34)ncn2)nc1. The van der Waals surface area contributed by atoms with Gasteiger partial charge < -0.3 is 10.6 Å². The lowest BCUT2D eigenvalue weighted by Crippen LogP contribution is -2.04. The molecule has 0 amide bonds. The van der Waals surface area contributed by atoms with E-state index in [0.29, 0.717) is 12.4 Å².